The van der Waals surface area contributed by atoms with E-state index in [1.807, 2.05) is 43.4 Å². The molecule has 4 aromatic rings. The topological polar surface area (TPSA) is 91.7 Å². The van der Waals surface area contributed by atoms with Crippen LogP contribution in [0, 0.1) is 0 Å². The van der Waals surface area contributed by atoms with Crippen molar-refractivity contribution in [2.75, 3.05) is 19.6 Å². The van der Waals surface area contributed by atoms with Crippen LogP contribution < -0.4 is 0 Å². The number of aromatic nitrogens is 2. The van der Waals surface area contributed by atoms with Crippen molar-refractivity contribution in [2.24, 2.45) is 7.05 Å². The molecule has 1 aliphatic carbocycles. The zero-order valence-electron chi connectivity index (χ0n) is 21.1. The summed E-state index contributed by atoms with van der Waals surface area (Å²) in [6, 6.07) is 11.1. The van der Waals surface area contributed by atoms with Crippen molar-refractivity contribution in [1.29, 1.82) is 0 Å². The number of piperidine rings is 1. The lowest BCUT2D eigenvalue weighted by Gasteiger charge is -2.38. The zero-order chi connectivity index (χ0) is 26.6. The third-order valence-electron chi connectivity index (χ3n) is 8.09. The first-order chi connectivity index (χ1) is 18.2. The summed E-state index contributed by atoms with van der Waals surface area (Å²) in [5.74, 6) is 0.405. The second-order valence-corrected chi connectivity index (χ2v) is 11.4. The van der Waals surface area contributed by atoms with Crippen LogP contribution in [-0.4, -0.2) is 50.4 Å². The number of rotatable bonds is 7. The number of nitrogens with zero attached hydrogens (tertiary/aromatic N) is 3. The molecule has 3 heterocycles. The molecular weight excluding hydrogens is 525 g/mol. The lowest BCUT2D eigenvalue weighted by molar-refractivity contribution is -0.0255. The number of hydrogen-bond acceptors (Lipinski definition) is 5. The van der Waals surface area contributed by atoms with Crippen molar-refractivity contribution in [3.05, 3.63) is 75.1 Å². The Hall–Kier alpha value is -2.84. The van der Waals surface area contributed by atoms with Crippen LogP contribution >= 0.6 is 23.2 Å². The van der Waals surface area contributed by atoms with Gasteiger partial charge in [0.2, 0.25) is 0 Å². The number of likely N-dealkylation sites (tertiary alicyclic amines) is 1. The van der Waals surface area contributed by atoms with Gasteiger partial charge in [-0.05, 0) is 55.9 Å². The van der Waals surface area contributed by atoms with Gasteiger partial charge >= 0.3 is 5.97 Å². The third kappa shape index (κ3) is 4.51. The average Bonchev–Trinajstić information content (AvgIpc) is 3.57. The number of carboxylic acids is 1. The van der Waals surface area contributed by atoms with E-state index in [0.29, 0.717) is 34.2 Å². The van der Waals surface area contributed by atoms with E-state index in [0.717, 1.165) is 72.6 Å². The quantitative estimate of drug-likeness (QED) is 0.281. The van der Waals surface area contributed by atoms with Crippen LogP contribution in [-0.2, 0) is 19.1 Å². The smallest absolute Gasteiger partial charge is 0.337 e. The van der Waals surface area contributed by atoms with Gasteiger partial charge in [0.05, 0.1) is 21.2 Å². The van der Waals surface area contributed by atoms with Crippen LogP contribution in [0.3, 0.4) is 0 Å². The van der Waals surface area contributed by atoms with E-state index in [-0.39, 0.29) is 5.56 Å². The van der Waals surface area contributed by atoms with Crippen LogP contribution in [0.4, 0.5) is 0 Å². The Morgan fingerprint density at radius 1 is 1.16 bits per heavy atom. The Morgan fingerprint density at radius 3 is 2.53 bits per heavy atom. The summed E-state index contributed by atoms with van der Waals surface area (Å²) in [6.45, 7) is 2.30. The van der Waals surface area contributed by atoms with E-state index in [1.165, 1.54) is 0 Å². The predicted molar refractivity (Wildman–Crippen MR) is 147 cm³/mol. The Bertz CT molecular complexity index is 1510. The Kier molecular flexibility index (Phi) is 6.51. The Labute approximate surface area is 230 Å². The van der Waals surface area contributed by atoms with Crippen molar-refractivity contribution in [3.63, 3.8) is 0 Å². The number of aromatic carboxylic acids is 1. The first kappa shape index (κ1) is 25.4. The number of benzene rings is 2. The Balaban J connectivity index is 1.18. The lowest BCUT2D eigenvalue weighted by atomic mass is 9.84. The molecule has 1 aliphatic heterocycles. The number of carbonyl (C=O) groups is 1. The van der Waals surface area contributed by atoms with Crippen LogP contribution in [0.1, 0.15) is 58.8 Å². The minimum atomic E-state index is -0.953. The summed E-state index contributed by atoms with van der Waals surface area (Å²) in [4.78, 5) is 13.9. The summed E-state index contributed by atoms with van der Waals surface area (Å²) in [5.41, 5.74) is 3.48. The van der Waals surface area contributed by atoms with Gasteiger partial charge in [0, 0.05) is 60.8 Å². The van der Waals surface area contributed by atoms with Gasteiger partial charge in [-0.25, -0.2) is 4.79 Å². The van der Waals surface area contributed by atoms with Gasteiger partial charge in [0.1, 0.15) is 11.5 Å². The van der Waals surface area contributed by atoms with E-state index < -0.39 is 11.6 Å². The summed E-state index contributed by atoms with van der Waals surface area (Å²) in [6.07, 6.45) is 5.78. The van der Waals surface area contributed by atoms with Crippen molar-refractivity contribution >= 4 is 40.1 Å². The first-order valence-corrected chi connectivity index (χ1v) is 13.7. The number of aliphatic hydroxyl groups is 1. The fourth-order valence-electron chi connectivity index (χ4n) is 5.70. The number of fused-ring (bicyclic) bond motifs is 1. The second kappa shape index (κ2) is 9.72. The zero-order valence-corrected chi connectivity index (χ0v) is 22.6. The van der Waals surface area contributed by atoms with Crippen LogP contribution in [0.5, 0.6) is 0 Å². The predicted octanol–water partition coefficient (Wildman–Crippen LogP) is 6.24. The summed E-state index contributed by atoms with van der Waals surface area (Å²) < 4.78 is 7.62. The van der Waals surface area contributed by atoms with Gasteiger partial charge in [0.15, 0.2) is 0 Å². The number of carboxylic acid groups (broad SMARTS) is 1. The maximum atomic E-state index is 11.6. The van der Waals surface area contributed by atoms with Crippen molar-refractivity contribution in [2.45, 2.75) is 43.6 Å². The molecule has 0 amide bonds. The molecule has 2 N–H and O–H groups in total. The van der Waals surface area contributed by atoms with E-state index in [9.17, 15) is 15.0 Å². The van der Waals surface area contributed by atoms with E-state index in [2.05, 4.69) is 10.1 Å². The molecule has 0 bridgehead atoms. The minimum absolute atomic E-state index is 0.271. The molecule has 9 heteroatoms. The highest BCUT2D eigenvalue weighted by Crippen LogP contribution is 2.46. The van der Waals surface area contributed by atoms with Gasteiger partial charge in [-0.1, -0.05) is 46.6 Å². The van der Waals surface area contributed by atoms with Crippen molar-refractivity contribution in [3.8, 4) is 11.3 Å². The van der Waals surface area contributed by atoms with Crippen molar-refractivity contribution in [1.82, 2.24) is 14.6 Å². The summed E-state index contributed by atoms with van der Waals surface area (Å²) >= 11 is 13.0. The monoisotopic (exact) mass is 553 g/mol. The molecule has 38 heavy (non-hydrogen) atoms. The molecule has 2 aromatic carbocycles. The molecule has 2 aliphatic rings. The van der Waals surface area contributed by atoms with Gasteiger partial charge in [-0.3, -0.25) is 0 Å². The minimum Gasteiger partial charge on any atom is -0.478 e. The summed E-state index contributed by atoms with van der Waals surface area (Å²) in [5, 5.41) is 27.2. The molecule has 2 aromatic heterocycles. The molecule has 2 fully saturated rings. The first-order valence-electron chi connectivity index (χ1n) is 13.0. The maximum absolute atomic E-state index is 11.6. The molecule has 198 valence electrons. The molecule has 0 atom stereocenters. The molecule has 0 spiro atoms. The highest BCUT2D eigenvalue weighted by molar-refractivity contribution is 6.39. The lowest BCUT2D eigenvalue weighted by Crippen LogP contribution is -2.43. The normalized spacial score (nSPS) is 17.8. The third-order valence-corrected chi connectivity index (χ3v) is 8.72. The maximum Gasteiger partial charge on any atom is 0.337 e. The standard InChI is InChI=1S/C29H29Cl2N3O4/c1-33-16-21(28(35)36)19-8-7-18(15-24(19)33)29(37)10-13-34(14-11-29)12-9-20-26(32-38-27(20)17-5-6-17)25-22(30)3-2-4-23(25)31/h2-4,7-8,15-17,37H,5-6,9-14H2,1H3,(H,35,36). The van der Waals surface area contributed by atoms with E-state index >= 15 is 0 Å². The van der Waals surface area contributed by atoms with Crippen LogP contribution in [0.25, 0.3) is 22.2 Å². The van der Waals surface area contributed by atoms with Crippen molar-refractivity contribution < 1.29 is 19.5 Å². The SMILES string of the molecule is Cn1cc(C(=O)O)c2ccc(C3(O)CCN(CCc4c(-c5c(Cl)cccc5Cl)noc4C4CC4)CC3)cc21. The molecule has 7 nitrogen and oxygen atoms in total. The van der Waals surface area contributed by atoms with E-state index in [1.54, 1.807) is 10.8 Å². The number of hydrogen-bond donors (Lipinski definition) is 2. The van der Waals surface area contributed by atoms with Crippen LogP contribution in [0.2, 0.25) is 10.0 Å². The largest absolute Gasteiger partial charge is 0.478 e. The molecule has 6 rings (SSSR count). The average molecular weight is 554 g/mol. The molecule has 0 unspecified atom stereocenters. The van der Waals surface area contributed by atoms with Gasteiger partial charge < -0.3 is 24.2 Å². The second-order valence-electron chi connectivity index (χ2n) is 10.6. The number of halogens is 2. The van der Waals surface area contributed by atoms with Crippen LogP contribution in [0.15, 0.2) is 47.1 Å². The van der Waals surface area contributed by atoms with Gasteiger partial charge in [-0.2, -0.15) is 0 Å². The highest BCUT2D eigenvalue weighted by Gasteiger charge is 2.36. The molecule has 1 saturated carbocycles. The molecule has 1 saturated heterocycles. The number of aryl methyl sites for hydroxylation is 1. The highest BCUT2D eigenvalue weighted by atomic mass is 35.5. The fourth-order valence-corrected chi connectivity index (χ4v) is 6.28. The van der Waals surface area contributed by atoms with Gasteiger partial charge in [-0.15, -0.1) is 0 Å². The summed E-state index contributed by atoms with van der Waals surface area (Å²) in [7, 11) is 1.83. The molecular formula is C29H29Cl2N3O4. The molecule has 0 radical (unpaired) electrons. The van der Waals surface area contributed by atoms with E-state index in [4.69, 9.17) is 27.7 Å². The van der Waals surface area contributed by atoms with Gasteiger partial charge in [0.25, 0.3) is 0 Å². The fraction of sp³-hybridized carbons (Fsp3) is 0.379. The Morgan fingerprint density at radius 2 is 1.87 bits per heavy atom.